The van der Waals surface area contributed by atoms with Crippen molar-refractivity contribution in [1.29, 1.82) is 0 Å². The van der Waals surface area contributed by atoms with E-state index in [1.54, 1.807) is 13.8 Å². The molecule has 16 heavy (non-hydrogen) atoms. The van der Waals surface area contributed by atoms with Crippen LogP contribution in [-0.4, -0.2) is 43.8 Å². The summed E-state index contributed by atoms with van der Waals surface area (Å²) in [5.41, 5.74) is 0. The standard InChI is InChI=1S/C11H22O4S/c1-11(2,16(3,13)14)10(12)8-9-4-6-15-7-5-9/h9-10,12H,4-8H2,1-3H3. The molecule has 1 saturated heterocycles. The van der Waals surface area contributed by atoms with Crippen molar-refractivity contribution in [3.63, 3.8) is 0 Å². The zero-order valence-corrected chi connectivity index (χ0v) is 11.1. The van der Waals surface area contributed by atoms with Crippen molar-refractivity contribution in [1.82, 2.24) is 0 Å². The first-order valence-electron chi connectivity index (χ1n) is 5.70. The summed E-state index contributed by atoms with van der Waals surface area (Å²) in [6, 6.07) is 0. The van der Waals surface area contributed by atoms with Gasteiger partial charge in [-0.25, -0.2) is 8.42 Å². The van der Waals surface area contributed by atoms with Crippen LogP contribution in [0.5, 0.6) is 0 Å². The molecule has 1 fully saturated rings. The number of hydrogen-bond donors (Lipinski definition) is 1. The van der Waals surface area contributed by atoms with E-state index in [2.05, 4.69) is 0 Å². The Morgan fingerprint density at radius 3 is 2.31 bits per heavy atom. The predicted molar refractivity (Wildman–Crippen MR) is 63.1 cm³/mol. The van der Waals surface area contributed by atoms with E-state index in [1.165, 1.54) is 6.26 Å². The summed E-state index contributed by atoms with van der Waals surface area (Å²) in [7, 11) is -3.23. The van der Waals surface area contributed by atoms with Crippen molar-refractivity contribution in [3.8, 4) is 0 Å². The van der Waals surface area contributed by atoms with Gasteiger partial charge in [0.1, 0.15) is 0 Å². The molecule has 0 radical (unpaired) electrons. The van der Waals surface area contributed by atoms with Crippen LogP contribution < -0.4 is 0 Å². The smallest absolute Gasteiger partial charge is 0.155 e. The summed E-state index contributed by atoms with van der Waals surface area (Å²) in [5, 5.41) is 10.0. The first kappa shape index (κ1) is 13.9. The van der Waals surface area contributed by atoms with E-state index in [-0.39, 0.29) is 0 Å². The molecule has 0 spiro atoms. The molecular weight excluding hydrogens is 228 g/mol. The minimum Gasteiger partial charge on any atom is -0.391 e. The largest absolute Gasteiger partial charge is 0.391 e. The fourth-order valence-corrected chi connectivity index (χ4v) is 2.42. The van der Waals surface area contributed by atoms with Crippen molar-refractivity contribution in [2.45, 2.75) is 44.0 Å². The van der Waals surface area contributed by atoms with Crippen LogP contribution in [0, 0.1) is 5.92 Å². The van der Waals surface area contributed by atoms with Crippen LogP contribution in [0.25, 0.3) is 0 Å². The molecule has 1 aliphatic rings. The van der Waals surface area contributed by atoms with Gasteiger partial charge in [0.2, 0.25) is 0 Å². The summed E-state index contributed by atoms with van der Waals surface area (Å²) in [6.07, 6.45) is 2.75. The van der Waals surface area contributed by atoms with Gasteiger partial charge in [-0.05, 0) is 39.0 Å². The van der Waals surface area contributed by atoms with E-state index in [9.17, 15) is 13.5 Å². The first-order chi connectivity index (χ1) is 7.25. The van der Waals surface area contributed by atoms with Gasteiger partial charge in [0.05, 0.1) is 10.9 Å². The molecule has 0 aliphatic carbocycles. The molecule has 0 aromatic rings. The number of ether oxygens (including phenoxy) is 1. The second kappa shape index (κ2) is 5.02. The number of aliphatic hydroxyl groups excluding tert-OH is 1. The molecule has 96 valence electrons. The zero-order chi connectivity index (χ0) is 12.4. The fourth-order valence-electron chi connectivity index (χ4n) is 1.83. The number of sulfone groups is 1. The Morgan fingerprint density at radius 1 is 1.38 bits per heavy atom. The SMILES string of the molecule is CC(C)(C(O)CC1CCOCC1)S(C)(=O)=O. The van der Waals surface area contributed by atoms with Crippen molar-refractivity contribution in [3.05, 3.63) is 0 Å². The Bertz CT molecular complexity index is 315. The average molecular weight is 250 g/mol. The molecule has 0 bridgehead atoms. The Hall–Kier alpha value is -0.130. The third-order valence-corrected chi connectivity index (χ3v) is 5.84. The monoisotopic (exact) mass is 250 g/mol. The van der Waals surface area contributed by atoms with Gasteiger partial charge in [0, 0.05) is 19.5 Å². The summed E-state index contributed by atoms with van der Waals surface area (Å²) < 4.78 is 27.3. The second-order valence-electron chi connectivity index (χ2n) is 5.18. The van der Waals surface area contributed by atoms with Gasteiger partial charge in [-0.15, -0.1) is 0 Å². The minimum absolute atomic E-state index is 0.379. The van der Waals surface area contributed by atoms with Crippen molar-refractivity contribution < 1.29 is 18.3 Å². The van der Waals surface area contributed by atoms with Crippen LogP contribution in [0.3, 0.4) is 0 Å². The van der Waals surface area contributed by atoms with E-state index in [0.29, 0.717) is 12.3 Å². The molecule has 1 N–H and O–H groups in total. The van der Waals surface area contributed by atoms with E-state index in [0.717, 1.165) is 26.1 Å². The van der Waals surface area contributed by atoms with Gasteiger partial charge in [0.15, 0.2) is 9.84 Å². The summed E-state index contributed by atoms with van der Waals surface area (Å²) in [6.45, 7) is 4.62. The number of aliphatic hydroxyl groups is 1. The van der Waals surface area contributed by atoms with Crippen LogP contribution >= 0.6 is 0 Å². The quantitative estimate of drug-likeness (QED) is 0.808. The van der Waals surface area contributed by atoms with E-state index in [4.69, 9.17) is 4.74 Å². The van der Waals surface area contributed by atoms with Crippen LogP contribution in [0.2, 0.25) is 0 Å². The van der Waals surface area contributed by atoms with Gasteiger partial charge < -0.3 is 9.84 Å². The van der Waals surface area contributed by atoms with Gasteiger partial charge in [-0.2, -0.15) is 0 Å². The molecule has 1 heterocycles. The zero-order valence-electron chi connectivity index (χ0n) is 10.3. The molecule has 1 rings (SSSR count). The summed E-state index contributed by atoms with van der Waals surface area (Å²) >= 11 is 0. The molecular formula is C11H22O4S. The minimum atomic E-state index is -3.23. The van der Waals surface area contributed by atoms with Gasteiger partial charge in [0.25, 0.3) is 0 Å². The average Bonchev–Trinajstić information content (AvgIpc) is 2.17. The predicted octanol–water partition coefficient (Wildman–Crippen LogP) is 0.987. The van der Waals surface area contributed by atoms with Crippen LogP contribution in [-0.2, 0) is 14.6 Å². The van der Waals surface area contributed by atoms with Crippen LogP contribution in [0.15, 0.2) is 0 Å². The molecule has 1 unspecified atom stereocenters. The second-order valence-corrected chi connectivity index (χ2v) is 7.78. The van der Waals surface area contributed by atoms with Crippen molar-refractivity contribution >= 4 is 9.84 Å². The molecule has 1 aliphatic heterocycles. The van der Waals surface area contributed by atoms with E-state index in [1.807, 2.05) is 0 Å². The Morgan fingerprint density at radius 2 is 1.88 bits per heavy atom. The van der Waals surface area contributed by atoms with Gasteiger partial charge >= 0.3 is 0 Å². The van der Waals surface area contributed by atoms with Crippen LogP contribution in [0.1, 0.15) is 33.1 Å². The third kappa shape index (κ3) is 3.18. The van der Waals surface area contributed by atoms with Gasteiger partial charge in [-0.3, -0.25) is 0 Å². The normalized spacial score (nSPS) is 22.0. The maximum atomic E-state index is 11.6. The maximum absolute atomic E-state index is 11.6. The maximum Gasteiger partial charge on any atom is 0.155 e. The number of hydrogen-bond acceptors (Lipinski definition) is 4. The highest BCUT2D eigenvalue weighted by Crippen LogP contribution is 2.28. The Labute approximate surface area is 97.9 Å². The first-order valence-corrected chi connectivity index (χ1v) is 7.59. The molecule has 1 atom stereocenters. The lowest BCUT2D eigenvalue weighted by Crippen LogP contribution is -2.44. The molecule has 0 saturated carbocycles. The molecule has 0 aromatic carbocycles. The highest BCUT2D eigenvalue weighted by atomic mass is 32.2. The van der Waals surface area contributed by atoms with Crippen molar-refractivity contribution in [2.75, 3.05) is 19.5 Å². The molecule has 0 aromatic heterocycles. The lowest BCUT2D eigenvalue weighted by atomic mass is 9.89. The molecule has 0 amide bonds. The molecule has 5 heteroatoms. The van der Waals surface area contributed by atoms with Gasteiger partial charge in [-0.1, -0.05) is 0 Å². The topological polar surface area (TPSA) is 63.6 Å². The van der Waals surface area contributed by atoms with E-state index < -0.39 is 20.7 Å². The third-order valence-electron chi connectivity index (χ3n) is 3.66. The molecule has 4 nitrogen and oxygen atoms in total. The Balaban J connectivity index is 2.60. The lowest BCUT2D eigenvalue weighted by molar-refractivity contribution is 0.0364. The fraction of sp³-hybridized carbons (Fsp3) is 1.00. The highest BCUT2D eigenvalue weighted by Gasteiger charge is 2.39. The highest BCUT2D eigenvalue weighted by molar-refractivity contribution is 7.92. The van der Waals surface area contributed by atoms with Crippen molar-refractivity contribution in [2.24, 2.45) is 5.92 Å². The Kier molecular flexibility index (Phi) is 4.37. The number of rotatable bonds is 4. The summed E-state index contributed by atoms with van der Waals surface area (Å²) in [4.78, 5) is 0. The van der Waals surface area contributed by atoms with Crippen LogP contribution in [0.4, 0.5) is 0 Å². The lowest BCUT2D eigenvalue weighted by Gasteiger charge is -2.32. The van der Waals surface area contributed by atoms with E-state index >= 15 is 0 Å². The summed E-state index contributed by atoms with van der Waals surface area (Å²) in [5.74, 6) is 0.379.